The van der Waals surface area contributed by atoms with E-state index in [1.54, 1.807) is 12.5 Å². The average Bonchev–Trinajstić information content (AvgIpc) is 3.54. The van der Waals surface area contributed by atoms with E-state index >= 15 is 0 Å². The van der Waals surface area contributed by atoms with Crippen LogP contribution in [0, 0.1) is 6.92 Å². The molecule has 0 aliphatic carbocycles. The number of nitrogens with one attached hydrogen (secondary N) is 1. The monoisotopic (exact) mass is 494 g/mol. The molecule has 0 amide bonds. The van der Waals surface area contributed by atoms with Gasteiger partial charge < -0.3 is 24.3 Å². The summed E-state index contributed by atoms with van der Waals surface area (Å²) >= 11 is 0. The molecule has 2 fully saturated rings. The van der Waals surface area contributed by atoms with E-state index in [0.29, 0.717) is 22.8 Å². The molecule has 2 saturated heterocycles. The Hall–Kier alpha value is -4.31. The van der Waals surface area contributed by atoms with Crippen LogP contribution in [-0.2, 0) is 11.8 Å². The molecule has 0 unspecified atom stereocenters. The molecule has 10 heteroatoms. The van der Waals surface area contributed by atoms with Gasteiger partial charge in [-0.15, -0.1) is 0 Å². The van der Waals surface area contributed by atoms with Crippen molar-refractivity contribution in [1.82, 2.24) is 29.5 Å². The molecular formula is C27H26N8O2. The summed E-state index contributed by atoms with van der Waals surface area (Å²) in [6, 6.07) is 11.9. The summed E-state index contributed by atoms with van der Waals surface area (Å²) < 4.78 is 13.8. The number of nitrogens with zero attached hydrogens (tertiary/aromatic N) is 7. The number of rotatable bonds is 5. The van der Waals surface area contributed by atoms with Crippen LogP contribution in [0.2, 0.25) is 0 Å². The second-order valence-corrected chi connectivity index (χ2v) is 9.77. The predicted molar refractivity (Wildman–Crippen MR) is 141 cm³/mol. The number of benzene rings is 2. The first kappa shape index (κ1) is 21.9. The average molecular weight is 495 g/mol. The summed E-state index contributed by atoms with van der Waals surface area (Å²) in [5.41, 5.74) is 5.25. The van der Waals surface area contributed by atoms with Crippen molar-refractivity contribution in [2.45, 2.75) is 25.3 Å². The quantitative estimate of drug-likeness (QED) is 0.378. The van der Waals surface area contributed by atoms with Gasteiger partial charge in [-0.1, -0.05) is 0 Å². The van der Waals surface area contributed by atoms with E-state index in [2.05, 4.69) is 30.2 Å². The molecule has 0 radical (unpaired) electrons. The van der Waals surface area contributed by atoms with Crippen LogP contribution in [-0.4, -0.2) is 54.8 Å². The first-order chi connectivity index (χ1) is 18.1. The lowest BCUT2D eigenvalue weighted by Crippen LogP contribution is -2.61. The number of aryl methyl sites for hydroxylation is 2. The normalized spacial score (nSPS) is 19.0. The first-order valence-electron chi connectivity index (χ1n) is 12.4. The Morgan fingerprint density at radius 1 is 1.03 bits per heavy atom. The van der Waals surface area contributed by atoms with Crippen LogP contribution in [0.3, 0.4) is 0 Å². The zero-order valence-corrected chi connectivity index (χ0v) is 20.7. The zero-order valence-electron chi connectivity index (χ0n) is 20.7. The summed E-state index contributed by atoms with van der Waals surface area (Å²) in [5.74, 6) is 2.86. The van der Waals surface area contributed by atoms with Crippen molar-refractivity contribution in [3.05, 3.63) is 60.8 Å². The van der Waals surface area contributed by atoms with Crippen LogP contribution in [0.25, 0.3) is 22.1 Å². The van der Waals surface area contributed by atoms with E-state index < -0.39 is 0 Å². The highest BCUT2D eigenvalue weighted by atomic mass is 16.5. The number of imidazole rings is 1. The summed E-state index contributed by atoms with van der Waals surface area (Å²) in [6.45, 7) is 4.47. The Kier molecular flexibility index (Phi) is 4.97. The van der Waals surface area contributed by atoms with E-state index in [-0.39, 0.29) is 5.54 Å². The molecule has 0 bridgehead atoms. The van der Waals surface area contributed by atoms with Crippen LogP contribution in [0.15, 0.2) is 55.2 Å². The van der Waals surface area contributed by atoms with Crippen LogP contribution in [0.4, 0.5) is 17.5 Å². The number of hydrogen-bond acceptors (Lipinski definition) is 9. The minimum absolute atomic E-state index is 0.0327. The van der Waals surface area contributed by atoms with Gasteiger partial charge in [0.1, 0.15) is 28.9 Å². The molecule has 1 atom stereocenters. The second kappa shape index (κ2) is 8.38. The minimum Gasteiger partial charge on any atom is -0.457 e. The van der Waals surface area contributed by atoms with Crippen molar-refractivity contribution >= 4 is 39.5 Å². The molecule has 5 heterocycles. The molecule has 1 spiro atoms. The van der Waals surface area contributed by atoms with E-state index in [9.17, 15) is 0 Å². The van der Waals surface area contributed by atoms with E-state index in [4.69, 9.17) is 14.5 Å². The molecule has 0 saturated carbocycles. The third-order valence-electron chi connectivity index (χ3n) is 7.42. The molecule has 2 aromatic carbocycles. The maximum absolute atomic E-state index is 6.17. The SMILES string of the molecule is Cc1cc(Nc2ncnc3cnc(N4CC[C@]45CCOC5)nc23)ccc1Oc1ccc2c(c1)ncn2C. The highest BCUT2D eigenvalue weighted by Crippen LogP contribution is 2.40. The molecule has 37 heavy (non-hydrogen) atoms. The highest BCUT2D eigenvalue weighted by Gasteiger charge is 2.48. The van der Waals surface area contributed by atoms with E-state index in [1.165, 1.54) is 6.33 Å². The van der Waals surface area contributed by atoms with Gasteiger partial charge in [0.25, 0.3) is 0 Å². The van der Waals surface area contributed by atoms with Crippen molar-refractivity contribution in [2.24, 2.45) is 7.05 Å². The number of anilines is 3. The number of fused-ring (bicyclic) bond motifs is 2. The van der Waals surface area contributed by atoms with Gasteiger partial charge >= 0.3 is 0 Å². The van der Waals surface area contributed by atoms with E-state index in [1.807, 2.05) is 54.9 Å². The molecule has 186 valence electrons. The molecule has 10 nitrogen and oxygen atoms in total. The molecule has 2 aliphatic rings. The standard InChI is InChI=1S/C27H26N8O2/c1-17-11-18(3-6-23(17)37-19-4-5-22-20(12-19)31-16-34(22)2)32-25-24-21(29-15-30-25)13-28-26(33-24)35-9-7-27(35)8-10-36-14-27/h3-6,11-13,15-16H,7-10,14H2,1-2H3,(H,29,30,32)/t27-/m1/s1. The smallest absolute Gasteiger partial charge is 0.226 e. The predicted octanol–water partition coefficient (Wildman–Crippen LogP) is 4.52. The van der Waals surface area contributed by atoms with Gasteiger partial charge in [0.2, 0.25) is 5.95 Å². The van der Waals surface area contributed by atoms with E-state index in [0.717, 1.165) is 66.4 Å². The maximum atomic E-state index is 6.17. The van der Waals surface area contributed by atoms with Crippen molar-refractivity contribution < 1.29 is 9.47 Å². The van der Waals surface area contributed by atoms with Crippen LogP contribution < -0.4 is 15.0 Å². The number of hydrogen-bond donors (Lipinski definition) is 1. The fourth-order valence-corrected chi connectivity index (χ4v) is 5.21. The fourth-order valence-electron chi connectivity index (χ4n) is 5.21. The number of aromatic nitrogens is 6. The summed E-state index contributed by atoms with van der Waals surface area (Å²) in [4.78, 5) is 25.0. The maximum Gasteiger partial charge on any atom is 0.226 e. The van der Waals surface area contributed by atoms with Gasteiger partial charge in [0.05, 0.1) is 35.7 Å². The van der Waals surface area contributed by atoms with Gasteiger partial charge in [0.15, 0.2) is 5.82 Å². The third-order valence-corrected chi connectivity index (χ3v) is 7.42. The fraction of sp³-hybridized carbons (Fsp3) is 0.296. The molecular weight excluding hydrogens is 468 g/mol. The third kappa shape index (κ3) is 3.72. The topological polar surface area (TPSA) is 103 Å². The van der Waals surface area contributed by atoms with Gasteiger partial charge in [-0.2, -0.15) is 0 Å². The lowest BCUT2D eigenvalue weighted by atomic mass is 9.84. The van der Waals surface area contributed by atoms with Crippen molar-refractivity contribution in [3.63, 3.8) is 0 Å². The Balaban J connectivity index is 1.14. The number of ether oxygens (including phenoxy) is 2. The lowest BCUT2D eigenvalue weighted by molar-refractivity contribution is 0.155. The molecule has 2 aliphatic heterocycles. The zero-order chi connectivity index (χ0) is 25.0. The Labute approximate surface area is 213 Å². The second-order valence-electron chi connectivity index (χ2n) is 9.77. The summed E-state index contributed by atoms with van der Waals surface area (Å²) in [6.07, 6.45) is 7.22. The Morgan fingerprint density at radius 3 is 2.78 bits per heavy atom. The van der Waals surface area contributed by atoms with Crippen molar-refractivity contribution in [3.8, 4) is 11.5 Å². The summed E-state index contributed by atoms with van der Waals surface area (Å²) in [7, 11) is 1.98. The van der Waals surface area contributed by atoms with Gasteiger partial charge in [-0.05, 0) is 55.7 Å². The van der Waals surface area contributed by atoms with Gasteiger partial charge in [-0.3, -0.25) is 0 Å². The van der Waals surface area contributed by atoms with Gasteiger partial charge in [0, 0.05) is 32.0 Å². The van der Waals surface area contributed by atoms with Crippen LogP contribution in [0.5, 0.6) is 11.5 Å². The summed E-state index contributed by atoms with van der Waals surface area (Å²) in [5, 5.41) is 3.42. The van der Waals surface area contributed by atoms with Gasteiger partial charge in [-0.25, -0.2) is 24.9 Å². The first-order valence-corrected chi connectivity index (χ1v) is 12.4. The lowest BCUT2D eigenvalue weighted by Gasteiger charge is -2.49. The molecule has 7 rings (SSSR count). The Bertz CT molecular complexity index is 1640. The highest BCUT2D eigenvalue weighted by molar-refractivity contribution is 5.87. The van der Waals surface area contributed by atoms with Crippen molar-refractivity contribution in [1.29, 1.82) is 0 Å². The minimum atomic E-state index is 0.0327. The van der Waals surface area contributed by atoms with Crippen molar-refractivity contribution in [2.75, 3.05) is 30.0 Å². The van der Waals surface area contributed by atoms with Crippen LogP contribution in [0.1, 0.15) is 18.4 Å². The molecule has 5 aromatic rings. The van der Waals surface area contributed by atoms with Crippen LogP contribution >= 0.6 is 0 Å². The Morgan fingerprint density at radius 2 is 1.97 bits per heavy atom. The largest absolute Gasteiger partial charge is 0.457 e. The molecule has 3 aromatic heterocycles. The molecule has 1 N–H and O–H groups in total.